The first kappa shape index (κ1) is 19.4. The van der Waals surface area contributed by atoms with Crippen LogP contribution in [-0.4, -0.2) is 50.6 Å². The van der Waals surface area contributed by atoms with E-state index in [-0.39, 0.29) is 5.91 Å². The number of hydrogen-bond donors (Lipinski definition) is 2. The zero-order chi connectivity index (χ0) is 18.9. The molecule has 1 heterocycles. The van der Waals surface area contributed by atoms with Crippen molar-refractivity contribution in [1.82, 2.24) is 15.5 Å². The highest BCUT2D eigenvalue weighted by Gasteiger charge is 2.17. The number of benzene rings is 2. The van der Waals surface area contributed by atoms with E-state index in [4.69, 9.17) is 0 Å². The maximum absolute atomic E-state index is 11.2. The Morgan fingerprint density at radius 2 is 1.63 bits per heavy atom. The Hall–Kier alpha value is -2.37. The molecule has 0 atom stereocenters. The molecular weight excluding hydrogens is 336 g/mol. The summed E-state index contributed by atoms with van der Waals surface area (Å²) in [7, 11) is 1.67. The van der Waals surface area contributed by atoms with Gasteiger partial charge in [0.2, 0.25) is 5.91 Å². The van der Waals surface area contributed by atoms with Crippen LogP contribution < -0.4 is 15.5 Å². The predicted octanol–water partition coefficient (Wildman–Crippen LogP) is 2.23. The molecule has 144 valence electrons. The van der Waals surface area contributed by atoms with Crippen molar-refractivity contribution in [3.05, 3.63) is 65.7 Å². The quantitative estimate of drug-likeness (QED) is 0.704. The summed E-state index contributed by atoms with van der Waals surface area (Å²) in [6.45, 7) is 6.85. The predicted molar refractivity (Wildman–Crippen MR) is 111 cm³/mol. The molecule has 1 aliphatic rings. The van der Waals surface area contributed by atoms with E-state index >= 15 is 0 Å². The monoisotopic (exact) mass is 366 g/mol. The van der Waals surface area contributed by atoms with Crippen molar-refractivity contribution in [2.45, 2.75) is 19.5 Å². The van der Waals surface area contributed by atoms with Gasteiger partial charge in [-0.2, -0.15) is 0 Å². The summed E-state index contributed by atoms with van der Waals surface area (Å²) in [5.41, 5.74) is 3.93. The van der Waals surface area contributed by atoms with Crippen LogP contribution in [0, 0.1) is 0 Å². The Morgan fingerprint density at radius 3 is 2.30 bits per heavy atom. The molecule has 0 aromatic heterocycles. The number of anilines is 1. The van der Waals surface area contributed by atoms with Crippen LogP contribution in [0.15, 0.2) is 54.6 Å². The van der Waals surface area contributed by atoms with E-state index in [9.17, 15) is 4.79 Å². The van der Waals surface area contributed by atoms with Gasteiger partial charge in [-0.05, 0) is 23.3 Å². The lowest BCUT2D eigenvalue weighted by atomic mass is 10.1. The summed E-state index contributed by atoms with van der Waals surface area (Å²) in [5, 5.41) is 5.95. The maximum Gasteiger partial charge on any atom is 0.221 e. The van der Waals surface area contributed by atoms with Gasteiger partial charge in [-0.3, -0.25) is 9.69 Å². The molecule has 2 aromatic rings. The summed E-state index contributed by atoms with van der Waals surface area (Å²) >= 11 is 0. The topological polar surface area (TPSA) is 47.6 Å². The number of amides is 1. The molecule has 5 nitrogen and oxygen atoms in total. The Labute approximate surface area is 162 Å². The lowest BCUT2D eigenvalue weighted by Gasteiger charge is -2.36. The Morgan fingerprint density at radius 1 is 0.926 bits per heavy atom. The van der Waals surface area contributed by atoms with Gasteiger partial charge in [0.1, 0.15) is 0 Å². The fourth-order valence-corrected chi connectivity index (χ4v) is 3.39. The van der Waals surface area contributed by atoms with Gasteiger partial charge in [0.15, 0.2) is 0 Å². The van der Waals surface area contributed by atoms with Crippen molar-refractivity contribution in [1.29, 1.82) is 0 Å². The minimum atomic E-state index is 0.0734. The molecule has 1 fully saturated rings. The van der Waals surface area contributed by atoms with Crippen molar-refractivity contribution >= 4 is 11.6 Å². The molecule has 27 heavy (non-hydrogen) atoms. The molecular formula is C22H30N4O. The van der Waals surface area contributed by atoms with Gasteiger partial charge in [-0.1, -0.05) is 42.5 Å². The number of carbonyl (C=O) groups is 1. The first-order chi connectivity index (χ1) is 13.2. The van der Waals surface area contributed by atoms with Crippen LogP contribution in [0.1, 0.15) is 17.5 Å². The van der Waals surface area contributed by atoms with Gasteiger partial charge in [-0.25, -0.2) is 0 Å². The second kappa shape index (κ2) is 10.1. The Bertz CT molecular complexity index is 694. The van der Waals surface area contributed by atoms with E-state index in [2.05, 4.69) is 75.0 Å². The van der Waals surface area contributed by atoms with Crippen LogP contribution in [0.5, 0.6) is 0 Å². The normalized spacial score (nSPS) is 14.9. The fraction of sp³-hybridized carbons (Fsp3) is 0.409. The first-order valence-corrected chi connectivity index (χ1v) is 9.76. The van der Waals surface area contributed by atoms with Gasteiger partial charge in [-0.15, -0.1) is 0 Å². The van der Waals surface area contributed by atoms with Crippen LogP contribution in [-0.2, 0) is 17.9 Å². The maximum atomic E-state index is 11.2. The largest absolute Gasteiger partial charge is 0.369 e. The van der Waals surface area contributed by atoms with Gasteiger partial charge >= 0.3 is 0 Å². The Kier molecular flexibility index (Phi) is 7.25. The highest BCUT2D eigenvalue weighted by atomic mass is 16.1. The summed E-state index contributed by atoms with van der Waals surface area (Å²) in [4.78, 5) is 16.2. The molecule has 3 rings (SSSR count). The first-order valence-electron chi connectivity index (χ1n) is 9.76. The molecule has 0 bridgehead atoms. The molecule has 5 heteroatoms. The van der Waals surface area contributed by atoms with Crippen molar-refractivity contribution in [3.63, 3.8) is 0 Å². The summed E-state index contributed by atoms with van der Waals surface area (Å²) in [6, 6.07) is 19.5. The average molecular weight is 367 g/mol. The number of nitrogens with one attached hydrogen (secondary N) is 2. The van der Waals surface area contributed by atoms with E-state index in [1.165, 1.54) is 16.8 Å². The molecule has 0 radical (unpaired) electrons. The van der Waals surface area contributed by atoms with Crippen LogP contribution in [0.3, 0.4) is 0 Å². The molecule has 2 N–H and O–H groups in total. The highest BCUT2D eigenvalue weighted by molar-refractivity contribution is 5.75. The lowest BCUT2D eigenvalue weighted by Crippen LogP contribution is -2.45. The van der Waals surface area contributed by atoms with Crippen LogP contribution in [0.4, 0.5) is 5.69 Å². The molecule has 1 amide bonds. The summed E-state index contributed by atoms with van der Waals surface area (Å²) in [5.74, 6) is 0.0734. The van der Waals surface area contributed by atoms with Crippen LogP contribution in [0.2, 0.25) is 0 Å². The van der Waals surface area contributed by atoms with Crippen LogP contribution in [0.25, 0.3) is 0 Å². The van der Waals surface area contributed by atoms with Crippen LogP contribution >= 0.6 is 0 Å². The molecule has 0 aliphatic carbocycles. The van der Waals surface area contributed by atoms with E-state index in [0.717, 1.165) is 39.3 Å². The van der Waals surface area contributed by atoms with E-state index in [0.29, 0.717) is 13.0 Å². The SMILES string of the molecule is CNC(=O)CCNCc1ccc(N2CCN(Cc3ccccc3)CC2)cc1. The lowest BCUT2D eigenvalue weighted by molar-refractivity contribution is -0.120. The number of nitrogens with zero attached hydrogens (tertiary/aromatic N) is 2. The number of piperazine rings is 1. The summed E-state index contributed by atoms with van der Waals surface area (Å²) in [6.07, 6.45) is 0.516. The summed E-state index contributed by atoms with van der Waals surface area (Å²) < 4.78 is 0. The standard InChI is InChI=1S/C22H30N4O/c1-23-22(27)11-12-24-17-19-7-9-21(10-8-19)26-15-13-25(14-16-26)18-20-5-3-2-4-6-20/h2-10,24H,11-18H2,1H3,(H,23,27). The minimum absolute atomic E-state index is 0.0734. The zero-order valence-electron chi connectivity index (χ0n) is 16.2. The van der Waals surface area contributed by atoms with Crippen molar-refractivity contribution < 1.29 is 4.79 Å². The third kappa shape index (κ3) is 6.08. The minimum Gasteiger partial charge on any atom is -0.369 e. The van der Waals surface area contributed by atoms with Crippen molar-refractivity contribution in [2.75, 3.05) is 44.7 Å². The fourth-order valence-electron chi connectivity index (χ4n) is 3.39. The van der Waals surface area contributed by atoms with Gasteiger partial charge < -0.3 is 15.5 Å². The zero-order valence-corrected chi connectivity index (χ0v) is 16.2. The smallest absolute Gasteiger partial charge is 0.221 e. The van der Waals surface area contributed by atoms with Crippen molar-refractivity contribution in [2.24, 2.45) is 0 Å². The average Bonchev–Trinajstić information content (AvgIpc) is 2.73. The molecule has 0 spiro atoms. The number of carbonyl (C=O) groups excluding carboxylic acids is 1. The van der Waals surface area contributed by atoms with E-state index in [1.807, 2.05) is 0 Å². The highest BCUT2D eigenvalue weighted by Crippen LogP contribution is 2.18. The molecule has 1 aliphatic heterocycles. The van der Waals surface area contributed by atoms with Gasteiger partial charge in [0, 0.05) is 65.0 Å². The van der Waals surface area contributed by atoms with E-state index < -0.39 is 0 Å². The third-order valence-electron chi connectivity index (χ3n) is 5.06. The molecule has 0 saturated carbocycles. The van der Waals surface area contributed by atoms with Crippen molar-refractivity contribution in [3.8, 4) is 0 Å². The number of hydrogen-bond acceptors (Lipinski definition) is 4. The van der Waals surface area contributed by atoms with Gasteiger partial charge in [0.05, 0.1) is 0 Å². The van der Waals surface area contributed by atoms with Gasteiger partial charge in [0.25, 0.3) is 0 Å². The second-order valence-electron chi connectivity index (χ2n) is 7.02. The third-order valence-corrected chi connectivity index (χ3v) is 5.06. The van der Waals surface area contributed by atoms with E-state index in [1.54, 1.807) is 7.05 Å². The number of rotatable bonds is 8. The molecule has 1 saturated heterocycles. The Balaban J connectivity index is 1.41. The molecule has 0 unspecified atom stereocenters. The molecule has 2 aromatic carbocycles. The second-order valence-corrected chi connectivity index (χ2v) is 7.02.